The van der Waals surface area contributed by atoms with Crippen molar-refractivity contribution in [1.82, 2.24) is 9.97 Å². The van der Waals surface area contributed by atoms with Crippen molar-refractivity contribution in [2.75, 3.05) is 5.32 Å². The van der Waals surface area contributed by atoms with Crippen molar-refractivity contribution >= 4 is 34.8 Å². The molecule has 4 aromatic rings. The molecule has 0 saturated carbocycles. The number of aromatic nitrogens is 2. The smallest absolute Gasteiger partial charge is 0.257 e. The lowest BCUT2D eigenvalue weighted by atomic mass is 10.1. The number of H-pyrrole nitrogens is 2. The van der Waals surface area contributed by atoms with E-state index in [2.05, 4.69) is 27.4 Å². The first-order valence-corrected chi connectivity index (χ1v) is 8.93. The maximum absolute atomic E-state index is 13.9. The van der Waals surface area contributed by atoms with E-state index in [9.17, 15) is 9.18 Å². The second kappa shape index (κ2) is 5.89. The molecule has 6 heteroatoms. The molecular weight excluding hydrogens is 361 g/mol. The Morgan fingerprint density at radius 2 is 1.81 bits per heavy atom. The predicted molar refractivity (Wildman–Crippen MR) is 106 cm³/mol. The maximum Gasteiger partial charge on any atom is 0.257 e. The van der Waals surface area contributed by atoms with Crippen LogP contribution in [0.25, 0.3) is 22.2 Å². The van der Waals surface area contributed by atoms with Gasteiger partial charge >= 0.3 is 0 Å². The number of carbonyl (C=O) groups is 1. The minimum Gasteiger partial charge on any atom is -0.331 e. The van der Waals surface area contributed by atoms with E-state index in [0.717, 1.165) is 6.42 Å². The number of hydrogen-bond acceptors (Lipinski definition) is 2. The fourth-order valence-corrected chi connectivity index (χ4v) is 3.92. The quantitative estimate of drug-likeness (QED) is 0.372. The Balaban J connectivity index is 1.49. The summed E-state index contributed by atoms with van der Waals surface area (Å²) in [7, 11) is 0. The van der Waals surface area contributed by atoms with Crippen LogP contribution in [0.5, 0.6) is 0 Å². The average Bonchev–Trinajstić information content (AvgIpc) is 3.19. The molecule has 0 saturated heterocycles. The van der Waals surface area contributed by atoms with Gasteiger partial charge in [0.1, 0.15) is 5.82 Å². The molecule has 0 bridgehead atoms. The van der Waals surface area contributed by atoms with E-state index in [-0.39, 0.29) is 11.5 Å². The first-order chi connectivity index (χ1) is 13.1. The van der Waals surface area contributed by atoms with Gasteiger partial charge in [0.25, 0.3) is 5.91 Å². The third kappa shape index (κ3) is 2.65. The molecule has 3 N–H and O–H groups in total. The lowest BCUT2D eigenvalue weighted by Crippen LogP contribution is -2.13. The highest BCUT2D eigenvalue weighted by atomic mass is 32.1. The topological polar surface area (TPSA) is 60.7 Å². The summed E-state index contributed by atoms with van der Waals surface area (Å²) < 4.78 is 14.2. The molecule has 3 aromatic carbocycles. The summed E-state index contributed by atoms with van der Waals surface area (Å²) in [6.07, 6.45) is 0.838. The van der Waals surface area contributed by atoms with Gasteiger partial charge in [-0.3, -0.25) is 4.79 Å². The van der Waals surface area contributed by atoms with Crippen LogP contribution in [-0.4, -0.2) is 15.9 Å². The molecule has 1 aliphatic rings. The number of anilines is 1. The Kier molecular flexibility index (Phi) is 3.48. The zero-order valence-electron chi connectivity index (χ0n) is 14.1. The molecule has 0 unspecified atom stereocenters. The van der Waals surface area contributed by atoms with Crippen LogP contribution >= 0.6 is 12.2 Å². The van der Waals surface area contributed by atoms with Gasteiger partial charge in [-0.2, -0.15) is 0 Å². The van der Waals surface area contributed by atoms with E-state index in [1.165, 1.54) is 34.4 Å². The Bertz CT molecular complexity index is 1290. The average molecular weight is 375 g/mol. The van der Waals surface area contributed by atoms with E-state index in [1.807, 2.05) is 30.3 Å². The first-order valence-electron chi connectivity index (χ1n) is 8.52. The van der Waals surface area contributed by atoms with Crippen molar-refractivity contribution in [2.45, 2.75) is 6.42 Å². The molecule has 27 heavy (non-hydrogen) atoms. The maximum atomic E-state index is 13.9. The number of fused-ring (bicyclic) bond motifs is 4. The second-order valence-corrected chi connectivity index (χ2v) is 7.02. The number of amides is 1. The predicted octanol–water partition coefficient (Wildman–Crippen LogP) is 5.19. The van der Waals surface area contributed by atoms with Crippen molar-refractivity contribution in [3.8, 4) is 11.1 Å². The summed E-state index contributed by atoms with van der Waals surface area (Å²) in [4.78, 5) is 18.5. The monoisotopic (exact) mass is 375 g/mol. The van der Waals surface area contributed by atoms with E-state index >= 15 is 0 Å². The number of carbonyl (C=O) groups excluding carboxylic acids is 1. The summed E-state index contributed by atoms with van der Waals surface area (Å²) in [5, 5.41) is 2.87. The van der Waals surface area contributed by atoms with Gasteiger partial charge in [0, 0.05) is 5.69 Å². The number of aromatic amines is 2. The van der Waals surface area contributed by atoms with Crippen molar-refractivity contribution < 1.29 is 9.18 Å². The second-order valence-electron chi connectivity index (χ2n) is 6.62. The lowest BCUT2D eigenvalue weighted by molar-refractivity contribution is 0.102. The van der Waals surface area contributed by atoms with Gasteiger partial charge in [0.05, 0.1) is 16.6 Å². The van der Waals surface area contributed by atoms with E-state index in [4.69, 9.17) is 12.2 Å². The number of hydrogen-bond donors (Lipinski definition) is 3. The molecule has 1 heterocycles. The SMILES string of the molecule is O=C(Nc1ccc2c(c1)Cc1ccccc1-2)c1cc(F)cc2[nH]c(=S)[nH]c12. The van der Waals surface area contributed by atoms with Crippen molar-refractivity contribution in [3.05, 3.63) is 81.9 Å². The molecular formula is C21H14FN3OS. The molecule has 0 aliphatic heterocycles. The van der Waals surface area contributed by atoms with Crippen LogP contribution in [0.3, 0.4) is 0 Å². The number of halogens is 1. The molecule has 0 spiro atoms. The molecule has 132 valence electrons. The first kappa shape index (κ1) is 16.0. The van der Waals surface area contributed by atoms with Crippen LogP contribution in [0, 0.1) is 10.6 Å². The van der Waals surface area contributed by atoms with Crippen molar-refractivity contribution in [2.24, 2.45) is 0 Å². The number of imidazole rings is 1. The van der Waals surface area contributed by atoms with E-state index in [1.54, 1.807) is 0 Å². The highest BCUT2D eigenvalue weighted by Gasteiger charge is 2.19. The minimum atomic E-state index is -0.498. The summed E-state index contributed by atoms with van der Waals surface area (Å²) >= 11 is 5.06. The number of nitrogens with one attached hydrogen (secondary N) is 3. The third-order valence-electron chi connectivity index (χ3n) is 4.89. The van der Waals surface area contributed by atoms with Gasteiger partial charge < -0.3 is 15.3 Å². The van der Waals surface area contributed by atoms with Crippen LogP contribution < -0.4 is 5.32 Å². The van der Waals surface area contributed by atoms with Crippen LogP contribution in [-0.2, 0) is 6.42 Å². The largest absolute Gasteiger partial charge is 0.331 e. The van der Waals surface area contributed by atoms with Gasteiger partial charge in [0.15, 0.2) is 4.77 Å². The summed E-state index contributed by atoms with van der Waals surface area (Å²) in [5.74, 6) is -0.887. The highest BCUT2D eigenvalue weighted by molar-refractivity contribution is 7.71. The zero-order valence-corrected chi connectivity index (χ0v) is 14.9. The summed E-state index contributed by atoms with van der Waals surface area (Å²) in [5.41, 5.74) is 6.71. The van der Waals surface area contributed by atoms with Gasteiger partial charge in [0.2, 0.25) is 0 Å². The van der Waals surface area contributed by atoms with Gasteiger partial charge in [-0.05, 0) is 65.2 Å². The Hall–Kier alpha value is -3.25. The molecule has 0 fully saturated rings. The molecule has 0 atom stereocenters. The molecule has 1 aliphatic carbocycles. The van der Waals surface area contributed by atoms with Gasteiger partial charge in [-0.1, -0.05) is 30.3 Å². The third-order valence-corrected chi connectivity index (χ3v) is 5.09. The van der Waals surface area contributed by atoms with Gasteiger partial charge in [-0.15, -0.1) is 0 Å². The summed E-state index contributed by atoms with van der Waals surface area (Å²) in [6.45, 7) is 0. The zero-order chi connectivity index (χ0) is 18.5. The van der Waals surface area contributed by atoms with Gasteiger partial charge in [-0.25, -0.2) is 4.39 Å². The molecule has 1 aromatic heterocycles. The molecule has 4 nitrogen and oxygen atoms in total. The standard InChI is InChI=1S/C21H14FN3OS/c22-13-9-17(19-18(10-13)24-21(27)25-19)20(26)23-14-5-6-16-12(8-14)7-11-3-1-2-4-15(11)16/h1-6,8-10H,7H2,(H,23,26)(H2,24,25,27). The Labute approximate surface area is 159 Å². The Morgan fingerprint density at radius 3 is 2.70 bits per heavy atom. The van der Waals surface area contributed by atoms with Crippen LogP contribution in [0.1, 0.15) is 21.5 Å². The highest BCUT2D eigenvalue weighted by Crippen LogP contribution is 2.37. The fourth-order valence-electron chi connectivity index (χ4n) is 3.71. The normalized spacial score (nSPS) is 12.0. The molecule has 0 radical (unpaired) electrons. The van der Waals surface area contributed by atoms with E-state index < -0.39 is 5.82 Å². The van der Waals surface area contributed by atoms with Crippen LogP contribution in [0.4, 0.5) is 10.1 Å². The van der Waals surface area contributed by atoms with E-state index in [0.29, 0.717) is 21.5 Å². The minimum absolute atomic E-state index is 0.209. The molecule has 1 amide bonds. The Morgan fingerprint density at radius 1 is 1.00 bits per heavy atom. The lowest BCUT2D eigenvalue weighted by Gasteiger charge is -2.09. The van der Waals surface area contributed by atoms with Crippen molar-refractivity contribution in [3.63, 3.8) is 0 Å². The summed E-state index contributed by atoms with van der Waals surface area (Å²) in [6, 6.07) is 16.7. The number of rotatable bonds is 2. The van der Waals surface area contributed by atoms with Crippen molar-refractivity contribution in [1.29, 1.82) is 0 Å². The van der Waals surface area contributed by atoms with Crippen LogP contribution in [0.15, 0.2) is 54.6 Å². The fraction of sp³-hybridized carbons (Fsp3) is 0.0476. The molecule has 5 rings (SSSR count). The van der Waals surface area contributed by atoms with Crippen LogP contribution in [0.2, 0.25) is 0 Å². The number of benzene rings is 3.